The number of aliphatic hydroxyl groups is 1. The maximum Gasteiger partial charge on any atom is 0.407 e. The van der Waals surface area contributed by atoms with Gasteiger partial charge in [0, 0.05) is 95.6 Å². The van der Waals surface area contributed by atoms with Gasteiger partial charge in [0.25, 0.3) is 0 Å². The van der Waals surface area contributed by atoms with E-state index in [-0.39, 0.29) is 156 Å². The number of rotatable bonds is 38. The van der Waals surface area contributed by atoms with E-state index in [2.05, 4.69) is 41.3 Å². The molecule has 2 unspecified atom stereocenters. The third-order valence-electron chi connectivity index (χ3n) is 21.6. The average molecular weight is 1470 g/mol. The fraction of sp³-hybridized carbons (Fsp3) is 0.787. The molecule has 9 N–H and O–H groups in total. The van der Waals surface area contributed by atoms with Crippen LogP contribution in [0.15, 0.2) is 48.6 Å². The van der Waals surface area contributed by atoms with Crippen LogP contribution in [-0.4, -0.2) is 256 Å². The number of carbonyl (C=O) groups is 6. The van der Waals surface area contributed by atoms with E-state index in [9.17, 15) is 33.9 Å². The van der Waals surface area contributed by atoms with E-state index in [1.807, 2.05) is 13.8 Å². The van der Waals surface area contributed by atoms with Crippen molar-refractivity contribution >= 4 is 41.2 Å². The van der Waals surface area contributed by atoms with Crippen molar-refractivity contribution in [3.63, 3.8) is 0 Å². The first-order valence-electron chi connectivity index (χ1n) is 37.9. The summed E-state index contributed by atoms with van der Waals surface area (Å²) in [7, 11) is 1.59. The zero-order valence-corrected chi connectivity index (χ0v) is 61.3. The highest BCUT2D eigenvalue weighted by molar-refractivity contribution is 5.98. The molecule has 10 fully saturated rings. The van der Waals surface area contributed by atoms with Crippen molar-refractivity contribution in [1.82, 2.24) is 16.0 Å². The first-order valence-corrected chi connectivity index (χ1v) is 37.9. The Bertz CT molecular complexity index is 2950. The largest absolute Gasteiger partial charge is 0.445 e. The van der Waals surface area contributed by atoms with Crippen molar-refractivity contribution in [2.24, 2.45) is 35.1 Å². The predicted molar refractivity (Wildman–Crippen MR) is 376 cm³/mol. The number of hydrogen-bond acceptors (Lipinski definition) is 24. The summed E-state index contributed by atoms with van der Waals surface area (Å²) in [4.78, 5) is 80.1. The van der Waals surface area contributed by atoms with Crippen LogP contribution in [0.2, 0.25) is 0 Å². The summed E-state index contributed by atoms with van der Waals surface area (Å²) in [5.74, 6) is -3.29. The fourth-order valence-electron chi connectivity index (χ4n) is 16.1. The van der Waals surface area contributed by atoms with Gasteiger partial charge in [0.05, 0.1) is 146 Å². The number of primary amides is 1. The molecular formula is C75H116N6O23. The minimum atomic E-state index is -1.10. The van der Waals surface area contributed by atoms with Crippen molar-refractivity contribution in [1.29, 1.82) is 0 Å². The second-order valence-electron chi connectivity index (χ2n) is 29.6. The molecule has 10 heterocycles. The Hall–Kier alpha value is -5.16. The Morgan fingerprint density at radius 1 is 0.683 bits per heavy atom. The van der Waals surface area contributed by atoms with E-state index in [1.54, 1.807) is 31.4 Å². The number of nitrogens with two attached hydrogens (primary N) is 2. The average Bonchev–Trinajstić information content (AvgIpc) is 1.55. The van der Waals surface area contributed by atoms with Gasteiger partial charge in [-0.15, -0.1) is 0 Å². The monoisotopic (exact) mass is 1470 g/mol. The number of nitrogens with one attached hydrogen (secondary N) is 4. The SMILES string of the molecule is C=C1C[C@@H]2CC[C@@]34C[C@H]5OC6C(O[C@H]7CC[C@H](CC(=O)C[C@@H]8[C@@H](OC)[C@@H](C[C@H](O)CNC(=O)OCc9ccc(NC(=O)[C@H](CCCNC(N)=O)NC(=O)[C@@H](CC(=O)CCOCCOCCOCCOCCOCCOCCN)C(C)C)cc9)O[C@H]8C[C@H]8O[C@@H](CC[C@@H]1O2)C[C@@H](C)C8=C)O[C@@H]7[C@@H]6O3)[C@H]5O4. The molecule has 1 spiro atoms. The summed E-state index contributed by atoms with van der Waals surface area (Å²) in [6, 6.07) is 4.80. The van der Waals surface area contributed by atoms with Crippen LogP contribution >= 0.6 is 0 Å². The quantitative estimate of drug-likeness (QED) is 0.0340. The number of ketones is 2. The van der Waals surface area contributed by atoms with Crippen LogP contribution in [0.5, 0.6) is 0 Å². The van der Waals surface area contributed by atoms with Gasteiger partial charge in [-0.2, -0.15) is 0 Å². The maximum absolute atomic E-state index is 14.6. The lowest BCUT2D eigenvalue weighted by molar-refractivity contribution is -0.292. The highest BCUT2D eigenvalue weighted by Gasteiger charge is 2.69. The number of amides is 5. The summed E-state index contributed by atoms with van der Waals surface area (Å²) < 4.78 is 99.3. The molecule has 10 saturated heterocycles. The molecule has 1 aromatic rings. The lowest BCUT2D eigenvalue weighted by Crippen LogP contribution is -2.61. The number of hydrogen-bond donors (Lipinski definition) is 7. The Kier molecular flexibility index (Phi) is 31.5. The highest BCUT2D eigenvalue weighted by atomic mass is 16.8. The van der Waals surface area contributed by atoms with Crippen molar-refractivity contribution in [3.8, 4) is 0 Å². The van der Waals surface area contributed by atoms with Crippen molar-refractivity contribution < 1.29 is 110 Å². The Morgan fingerprint density at radius 2 is 1.33 bits per heavy atom. The standard InChI is InChI=1S/C75H116N6O23/c1-44(2)56(37-50(82)18-22-90-24-26-92-28-30-94-32-33-95-31-29-93-27-25-91-23-20-76)71(85)81-58(8-7-21-78-73(77)87)72(86)80-49-11-9-48(10-12-49)43-96-74(88)79-42-52(84)39-63-65(89-6)57-38-51(83)36-54-14-16-60-66(99-54)70-69-68(101-60)67-64(102-69)41-75(103-67,104-70)19-17-55-35-46(4)59(97-55)15-13-53-34-45(3)47(5)61(98-53)40-62(57)100-63/h9-12,44-45,52-70,84H,4-5,7-8,13-43,76H2,1-3,6H3,(H,79,88)(H,80,86)(H,81,85)(H3,77,78,87)/t45-,52+,53+,54-,55+,56+,57+,58+,59+,60+,61-,62+,63-,64-,65-,66+,67+,68?,69?,70+,75+/m1/s1. The van der Waals surface area contributed by atoms with Crippen LogP contribution in [-0.2, 0) is 102 Å². The molecule has 11 rings (SSSR count). The van der Waals surface area contributed by atoms with Gasteiger partial charge in [-0.05, 0) is 98.5 Å². The number of anilines is 1. The molecule has 584 valence electrons. The summed E-state index contributed by atoms with van der Waals surface area (Å²) in [6.07, 6.45) is 1.01. The predicted octanol–water partition coefficient (Wildman–Crippen LogP) is 4.96. The van der Waals surface area contributed by atoms with Gasteiger partial charge in [-0.3, -0.25) is 19.2 Å². The molecule has 29 nitrogen and oxygen atoms in total. The first kappa shape index (κ1) is 81.4. The van der Waals surface area contributed by atoms with E-state index >= 15 is 0 Å². The molecule has 21 atom stereocenters. The summed E-state index contributed by atoms with van der Waals surface area (Å²) in [6.45, 7) is 19.8. The van der Waals surface area contributed by atoms with Crippen LogP contribution in [0.1, 0.15) is 135 Å². The third kappa shape index (κ3) is 23.2. The number of fused-ring (bicyclic) bond motifs is 6. The molecule has 0 aliphatic carbocycles. The van der Waals surface area contributed by atoms with E-state index < -0.39 is 84.2 Å². The van der Waals surface area contributed by atoms with Gasteiger partial charge >= 0.3 is 12.1 Å². The van der Waals surface area contributed by atoms with Gasteiger partial charge < -0.3 is 114 Å². The molecular weight excluding hydrogens is 1350 g/mol. The van der Waals surface area contributed by atoms with Crippen LogP contribution < -0.4 is 32.7 Å². The lowest BCUT2D eigenvalue weighted by atomic mass is 9.81. The normalized spacial score (nSPS) is 32.5. The molecule has 29 heteroatoms. The van der Waals surface area contributed by atoms with E-state index in [0.717, 1.165) is 43.3 Å². The zero-order valence-electron chi connectivity index (χ0n) is 61.3. The summed E-state index contributed by atoms with van der Waals surface area (Å²) in [5.41, 5.74) is 13.7. The number of carbonyl (C=O) groups excluding carboxylic acids is 6. The van der Waals surface area contributed by atoms with Gasteiger partial charge in [0.1, 0.15) is 54.7 Å². The number of benzene rings is 1. The summed E-state index contributed by atoms with van der Waals surface area (Å²) in [5, 5.41) is 22.4. The highest BCUT2D eigenvalue weighted by Crippen LogP contribution is 2.55. The molecule has 104 heavy (non-hydrogen) atoms. The Morgan fingerprint density at radius 3 is 2.01 bits per heavy atom. The Labute approximate surface area is 611 Å². The van der Waals surface area contributed by atoms with Crippen LogP contribution in [0.4, 0.5) is 15.3 Å². The molecule has 12 bridgehead atoms. The van der Waals surface area contributed by atoms with E-state index in [1.165, 1.54) is 0 Å². The number of aliphatic hydroxyl groups excluding tert-OH is 1. The summed E-state index contributed by atoms with van der Waals surface area (Å²) >= 11 is 0. The number of ether oxygens (including phenoxy) is 16. The molecule has 10 aliphatic rings. The fourth-order valence-corrected chi connectivity index (χ4v) is 16.1. The first-order chi connectivity index (χ1) is 50.2. The third-order valence-corrected chi connectivity index (χ3v) is 21.6. The van der Waals surface area contributed by atoms with Gasteiger partial charge in [-0.25, -0.2) is 9.59 Å². The van der Waals surface area contributed by atoms with Crippen molar-refractivity contribution in [2.45, 2.75) is 246 Å². The Balaban J connectivity index is 0.668. The minimum Gasteiger partial charge on any atom is -0.445 e. The molecule has 1 aromatic carbocycles. The van der Waals surface area contributed by atoms with Gasteiger partial charge in [0.15, 0.2) is 5.79 Å². The molecule has 0 radical (unpaired) electrons. The maximum atomic E-state index is 14.6. The second kappa shape index (κ2) is 40.3. The number of alkyl carbamates (subject to hydrolysis) is 1. The van der Waals surface area contributed by atoms with Gasteiger partial charge in [-0.1, -0.05) is 46.1 Å². The van der Waals surface area contributed by atoms with Crippen molar-refractivity contribution in [2.75, 3.05) is 111 Å². The zero-order chi connectivity index (χ0) is 73.7. The van der Waals surface area contributed by atoms with E-state index in [0.29, 0.717) is 122 Å². The van der Waals surface area contributed by atoms with Crippen LogP contribution in [0, 0.1) is 23.7 Å². The van der Waals surface area contributed by atoms with Crippen molar-refractivity contribution in [3.05, 3.63) is 54.1 Å². The van der Waals surface area contributed by atoms with Crippen LogP contribution in [0.25, 0.3) is 0 Å². The van der Waals surface area contributed by atoms with Crippen LogP contribution in [0.3, 0.4) is 0 Å². The number of Topliss-reactive ketones (excluding diaryl/α,β-unsaturated/α-hetero) is 2. The molecule has 0 saturated carbocycles. The molecule has 0 aromatic heterocycles. The molecule has 10 aliphatic heterocycles. The molecule has 5 amide bonds. The topological polar surface area (TPSA) is 370 Å². The van der Waals surface area contributed by atoms with E-state index in [4.69, 9.17) is 87.3 Å². The number of methoxy groups -OCH3 is 1. The lowest BCUT2D eigenvalue weighted by Gasteiger charge is -2.47. The minimum absolute atomic E-state index is 0.00148. The second-order valence-corrected chi connectivity index (χ2v) is 29.6. The van der Waals surface area contributed by atoms with Gasteiger partial charge in [0.2, 0.25) is 11.8 Å². The smallest absolute Gasteiger partial charge is 0.407 e. The number of urea groups is 1.